The van der Waals surface area contributed by atoms with Gasteiger partial charge in [0.05, 0.1) is 7.07 Å². The molecule has 0 heterocycles. The fourth-order valence-corrected chi connectivity index (χ4v) is 2.22. The Morgan fingerprint density at radius 2 is 2.00 bits per heavy atom. The summed E-state index contributed by atoms with van der Waals surface area (Å²) in [4.78, 5) is 0. The third kappa shape index (κ3) is 3.61. The van der Waals surface area contributed by atoms with Gasteiger partial charge in [-0.3, -0.25) is 10.7 Å². The van der Waals surface area contributed by atoms with Gasteiger partial charge in [-0.1, -0.05) is 30.3 Å². The lowest BCUT2D eigenvalue weighted by atomic mass is 10.2. The van der Waals surface area contributed by atoms with Crippen molar-refractivity contribution in [2.45, 2.75) is 5.75 Å². The Bertz CT molecular complexity index is 237. The van der Waals surface area contributed by atoms with Gasteiger partial charge in [-0.05, 0) is 5.56 Å². The second-order valence-electron chi connectivity index (χ2n) is 2.14. The van der Waals surface area contributed by atoms with E-state index < -0.39 is 7.07 Å². The minimum absolute atomic E-state index is 0.870. The molecule has 0 bridgehead atoms. The van der Waals surface area contributed by atoms with Gasteiger partial charge >= 0.3 is 0 Å². The molecule has 0 saturated carbocycles. The summed E-state index contributed by atoms with van der Waals surface area (Å²) in [6.45, 7) is 0. The fourth-order valence-electron chi connectivity index (χ4n) is 0.735. The molecule has 2 nitrogen and oxygen atoms in total. The van der Waals surface area contributed by atoms with E-state index in [1.165, 1.54) is 16.9 Å². The molecule has 1 atom stereocenters. The highest BCUT2D eigenvalue weighted by atomic mass is 32.7. The molecule has 11 heavy (non-hydrogen) atoms. The highest BCUT2D eigenvalue weighted by molar-refractivity contribution is 8.50. The van der Waals surface area contributed by atoms with E-state index in [1.807, 2.05) is 18.2 Å². The van der Waals surface area contributed by atoms with Crippen LogP contribution in [0.2, 0.25) is 0 Å². The molecular weight excluding hydrogens is 175 g/mol. The zero-order valence-electron chi connectivity index (χ0n) is 6.08. The standard InChI is InChI=1S/C7H11N2PS/c8-10(9)11-6-7-4-2-1-3-5-7/h1-5,10H,6H2,(H3,8,9). The summed E-state index contributed by atoms with van der Waals surface area (Å²) in [5.74, 6) is 0.870. The number of nitrogens with two attached hydrogens (primary N) is 1. The second kappa shape index (κ2) is 4.60. The summed E-state index contributed by atoms with van der Waals surface area (Å²) in [5, 5.41) is 7.17. The van der Waals surface area contributed by atoms with E-state index in [4.69, 9.17) is 10.7 Å². The lowest BCUT2D eigenvalue weighted by Gasteiger charge is -1.98. The normalized spacial score (nSPS) is 12.8. The number of nitrogens with one attached hydrogen (secondary N) is 1. The molecule has 0 saturated heterocycles. The molecule has 0 fully saturated rings. The van der Waals surface area contributed by atoms with Crippen molar-refractivity contribution in [1.82, 2.24) is 0 Å². The van der Waals surface area contributed by atoms with Crippen LogP contribution in [0.1, 0.15) is 5.56 Å². The van der Waals surface area contributed by atoms with Gasteiger partial charge < -0.3 is 0 Å². The number of hydrogen-bond donors (Lipinski definition) is 2. The molecule has 1 aromatic rings. The van der Waals surface area contributed by atoms with Gasteiger partial charge in [0, 0.05) is 5.75 Å². The first kappa shape index (κ1) is 8.85. The summed E-state index contributed by atoms with van der Waals surface area (Å²) in [7, 11) is -1.37. The topological polar surface area (TPSA) is 49.9 Å². The van der Waals surface area contributed by atoms with Crippen molar-refractivity contribution in [2.24, 2.45) is 5.50 Å². The SMILES string of the molecule is N=[PH](N)SCc1ccccc1. The van der Waals surface area contributed by atoms with E-state index in [1.54, 1.807) is 0 Å². The molecule has 0 aliphatic carbocycles. The van der Waals surface area contributed by atoms with Crippen molar-refractivity contribution in [3.05, 3.63) is 35.9 Å². The number of rotatable bonds is 3. The first-order valence-electron chi connectivity index (χ1n) is 3.30. The monoisotopic (exact) mass is 186 g/mol. The van der Waals surface area contributed by atoms with E-state index in [9.17, 15) is 0 Å². The molecule has 0 amide bonds. The summed E-state index contributed by atoms with van der Waals surface area (Å²) in [5.41, 5.74) is 6.62. The second-order valence-corrected chi connectivity index (χ2v) is 5.63. The van der Waals surface area contributed by atoms with Crippen LogP contribution in [0.15, 0.2) is 30.3 Å². The van der Waals surface area contributed by atoms with Crippen molar-refractivity contribution >= 4 is 18.4 Å². The van der Waals surface area contributed by atoms with Crippen molar-refractivity contribution in [3.63, 3.8) is 0 Å². The first-order chi connectivity index (χ1) is 5.29. The first-order valence-corrected chi connectivity index (χ1v) is 6.58. The van der Waals surface area contributed by atoms with Crippen molar-refractivity contribution < 1.29 is 0 Å². The largest absolute Gasteiger partial charge is 0.297 e. The third-order valence-electron chi connectivity index (χ3n) is 1.24. The molecule has 0 aromatic heterocycles. The average molecular weight is 186 g/mol. The van der Waals surface area contributed by atoms with Gasteiger partial charge in [-0.25, -0.2) is 0 Å². The van der Waals surface area contributed by atoms with Crippen LogP contribution in [-0.4, -0.2) is 0 Å². The highest BCUT2D eigenvalue weighted by Gasteiger charge is 1.91. The Kier molecular flexibility index (Phi) is 3.70. The van der Waals surface area contributed by atoms with Gasteiger partial charge in [-0.2, -0.15) is 0 Å². The molecule has 0 aliphatic heterocycles. The van der Waals surface area contributed by atoms with Crippen molar-refractivity contribution in [1.29, 1.82) is 5.16 Å². The van der Waals surface area contributed by atoms with Gasteiger partial charge in [-0.15, -0.1) is 11.4 Å². The van der Waals surface area contributed by atoms with Gasteiger partial charge in [0.15, 0.2) is 0 Å². The van der Waals surface area contributed by atoms with Crippen molar-refractivity contribution in [3.8, 4) is 0 Å². The molecule has 4 heteroatoms. The predicted octanol–water partition coefficient (Wildman–Crippen LogP) is 2.69. The summed E-state index contributed by atoms with van der Waals surface area (Å²) in [6, 6.07) is 10.1. The third-order valence-corrected chi connectivity index (χ3v) is 3.39. The molecule has 60 valence electrons. The molecule has 0 spiro atoms. The predicted molar refractivity (Wildman–Crippen MR) is 53.0 cm³/mol. The summed E-state index contributed by atoms with van der Waals surface area (Å²) in [6.07, 6.45) is 0. The maximum absolute atomic E-state index is 7.17. The smallest absolute Gasteiger partial charge is 0.0645 e. The van der Waals surface area contributed by atoms with Crippen molar-refractivity contribution in [2.75, 3.05) is 0 Å². The molecule has 1 rings (SSSR count). The molecule has 1 unspecified atom stereocenters. The maximum atomic E-state index is 7.17. The van der Waals surface area contributed by atoms with Crippen LogP contribution < -0.4 is 5.50 Å². The van der Waals surface area contributed by atoms with Crippen LogP contribution in [0, 0.1) is 5.16 Å². The van der Waals surface area contributed by atoms with Crippen LogP contribution in [0.4, 0.5) is 0 Å². The van der Waals surface area contributed by atoms with Crippen LogP contribution in [-0.2, 0) is 5.75 Å². The molecular formula is C7H11N2PS. The van der Waals surface area contributed by atoms with E-state index in [0.29, 0.717) is 0 Å². The van der Waals surface area contributed by atoms with Gasteiger partial charge in [0.1, 0.15) is 0 Å². The Balaban J connectivity index is 2.45. The Labute approximate surface area is 71.3 Å². The molecule has 3 N–H and O–H groups in total. The average Bonchev–Trinajstić information content (AvgIpc) is 2.03. The lowest BCUT2D eigenvalue weighted by molar-refractivity contribution is 1.43. The maximum Gasteiger partial charge on any atom is 0.0645 e. The summed E-state index contributed by atoms with van der Waals surface area (Å²) >= 11 is 1.53. The Morgan fingerprint density at radius 3 is 2.55 bits per heavy atom. The molecule has 0 aliphatic rings. The fraction of sp³-hybridized carbons (Fsp3) is 0.143. The number of benzene rings is 1. The van der Waals surface area contributed by atoms with Crippen LogP contribution in [0.3, 0.4) is 0 Å². The van der Waals surface area contributed by atoms with E-state index in [2.05, 4.69) is 12.1 Å². The van der Waals surface area contributed by atoms with E-state index in [0.717, 1.165) is 5.75 Å². The minimum atomic E-state index is -1.37. The van der Waals surface area contributed by atoms with Crippen LogP contribution in [0.25, 0.3) is 0 Å². The van der Waals surface area contributed by atoms with Crippen LogP contribution in [0.5, 0.6) is 0 Å². The van der Waals surface area contributed by atoms with Crippen LogP contribution >= 0.6 is 18.4 Å². The van der Waals surface area contributed by atoms with E-state index in [-0.39, 0.29) is 0 Å². The highest BCUT2D eigenvalue weighted by Crippen LogP contribution is 2.32. The quantitative estimate of drug-likeness (QED) is 0.713. The Hall–Kier alpha value is -0.240. The molecule has 0 radical (unpaired) electrons. The lowest BCUT2D eigenvalue weighted by Crippen LogP contribution is -1.77. The van der Waals surface area contributed by atoms with Gasteiger partial charge in [0.25, 0.3) is 0 Å². The Morgan fingerprint density at radius 1 is 1.36 bits per heavy atom. The zero-order valence-corrected chi connectivity index (χ0v) is 7.90. The minimum Gasteiger partial charge on any atom is -0.297 e. The number of hydrogen-bond acceptors (Lipinski definition) is 2. The molecule has 1 aromatic carbocycles. The van der Waals surface area contributed by atoms with Gasteiger partial charge in [0.2, 0.25) is 0 Å². The zero-order chi connectivity index (χ0) is 8.10. The van der Waals surface area contributed by atoms with E-state index >= 15 is 0 Å². The summed E-state index contributed by atoms with van der Waals surface area (Å²) < 4.78 is 0.